The standard InChI is InChI=1S/C21H19N5O2/c1-25-18-10-6-5-9-16(18)23-19(25)13-22-21(28)17-11-12-20(27)26(24-17)14-15-7-3-2-4-8-15/h2-12H,13-14H2,1H3,(H,22,28). The number of nitrogens with one attached hydrogen (secondary N) is 1. The van der Waals surface area contributed by atoms with Gasteiger partial charge >= 0.3 is 0 Å². The molecule has 0 saturated carbocycles. The molecule has 0 radical (unpaired) electrons. The van der Waals surface area contributed by atoms with Crippen LogP contribution >= 0.6 is 0 Å². The highest BCUT2D eigenvalue weighted by molar-refractivity contribution is 5.92. The molecule has 0 atom stereocenters. The zero-order valence-electron chi connectivity index (χ0n) is 15.4. The number of aromatic nitrogens is 4. The average Bonchev–Trinajstić information content (AvgIpc) is 3.04. The van der Waals surface area contributed by atoms with Gasteiger partial charge in [0, 0.05) is 13.1 Å². The van der Waals surface area contributed by atoms with Gasteiger partial charge in [-0.2, -0.15) is 5.10 Å². The van der Waals surface area contributed by atoms with E-state index in [0.717, 1.165) is 22.4 Å². The monoisotopic (exact) mass is 373 g/mol. The van der Waals surface area contributed by atoms with E-state index in [-0.39, 0.29) is 23.7 Å². The quantitative estimate of drug-likeness (QED) is 0.581. The van der Waals surface area contributed by atoms with Crippen molar-refractivity contribution in [3.8, 4) is 0 Å². The molecule has 1 N–H and O–H groups in total. The first-order valence-electron chi connectivity index (χ1n) is 8.92. The number of aryl methyl sites for hydroxylation is 1. The molecule has 0 unspecified atom stereocenters. The zero-order valence-corrected chi connectivity index (χ0v) is 15.4. The first kappa shape index (κ1) is 17.7. The van der Waals surface area contributed by atoms with Crippen LogP contribution < -0.4 is 10.9 Å². The fourth-order valence-electron chi connectivity index (χ4n) is 3.04. The second-order valence-corrected chi connectivity index (χ2v) is 6.46. The lowest BCUT2D eigenvalue weighted by molar-refractivity contribution is 0.0942. The number of rotatable bonds is 5. The number of carbonyl (C=O) groups excluding carboxylic acids is 1. The molecule has 0 spiro atoms. The molecule has 4 aromatic rings. The van der Waals surface area contributed by atoms with Crippen LogP contribution in [0.2, 0.25) is 0 Å². The number of benzene rings is 2. The highest BCUT2D eigenvalue weighted by atomic mass is 16.2. The van der Waals surface area contributed by atoms with E-state index in [0.29, 0.717) is 6.54 Å². The van der Waals surface area contributed by atoms with Gasteiger partial charge in [-0.15, -0.1) is 0 Å². The molecular formula is C21H19N5O2. The van der Waals surface area contributed by atoms with Crippen molar-refractivity contribution < 1.29 is 4.79 Å². The van der Waals surface area contributed by atoms with Crippen LogP contribution in [0.25, 0.3) is 11.0 Å². The largest absolute Gasteiger partial charge is 0.343 e. The topological polar surface area (TPSA) is 81.8 Å². The third-order valence-corrected chi connectivity index (χ3v) is 4.56. The van der Waals surface area contributed by atoms with Gasteiger partial charge in [-0.25, -0.2) is 9.67 Å². The van der Waals surface area contributed by atoms with E-state index in [4.69, 9.17) is 0 Å². The summed E-state index contributed by atoms with van der Waals surface area (Å²) in [5.41, 5.74) is 2.75. The molecule has 7 nitrogen and oxygen atoms in total. The first-order chi connectivity index (χ1) is 13.6. The summed E-state index contributed by atoms with van der Waals surface area (Å²) >= 11 is 0. The van der Waals surface area contributed by atoms with Crippen LogP contribution in [0.15, 0.2) is 71.5 Å². The number of hydrogen-bond acceptors (Lipinski definition) is 4. The maximum atomic E-state index is 12.5. The molecule has 0 fully saturated rings. The van der Waals surface area contributed by atoms with Crippen molar-refractivity contribution in [3.63, 3.8) is 0 Å². The van der Waals surface area contributed by atoms with Gasteiger partial charge in [-0.05, 0) is 23.8 Å². The van der Waals surface area contributed by atoms with Gasteiger partial charge < -0.3 is 9.88 Å². The minimum Gasteiger partial charge on any atom is -0.343 e. The number of hydrogen-bond donors (Lipinski definition) is 1. The lowest BCUT2D eigenvalue weighted by Gasteiger charge is -2.08. The van der Waals surface area contributed by atoms with Gasteiger partial charge in [-0.1, -0.05) is 42.5 Å². The van der Waals surface area contributed by atoms with Crippen molar-refractivity contribution in [3.05, 3.63) is 94.2 Å². The molecule has 2 aromatic carbocycles. The minimum atomic E-state index is -0.353. The van der Waals surface area contributed by atoms with Crippen molar-refractivity contribution in [1.29, 1.82) is 0 Å². The Kier molecular flexibility index (Phi) is 4.72. The zero-order chi connectivity index (χ0) is 19.5. The molecular weight excluding hydrogens is 354 g/mol. The van der Waals surface area contributed by atoms with E-state index in [9.17, 15) is 9.59 Å². The van der Waals surface area contributed by atoms with Crippen molar-refractivity contribution >= 4 is 16.9 Å². The van der Waals surface area contributed by atoms with Crippen LogP contribution in [0.4, 0.5) is 0 Å². The Bertz CT molecular complexity index is 1190. The smallest absolute Gasteiger partial charge is 0.272 e. The second kappa shape index (κ2) is 7.48. The van der Waals surface area contributed by atoms with Crippen LogP contribution in [0.5, 0.6) is 0 Å². The summed E-state index contributed by atoms with van der Waals surface area (Å²) in [6, 6.07) is 20.1. The van der Waals surface area contributed by atoms with Gasteiger partial charge in [0.2, 0.25) is 0 Å². The van der Waals surface area contributed by atoms with Gasteiger partial charge in [0.1, 0.15) is 11.5 Å². The molecule has 0 bridgehead atoms. The van der Waals surface area contributed by atoms with E-state index < -0.39 is 0 Å². The Labute approximate surface area is 161 Å². The van der Waals surface area contributed by atoms with E-state index in [1.165, 1.54) is 16.8 Å². The van der Waals surface area contributed by atoms with Gasteiger partial charge in [0.25, 0.3) is 11.5 Å². The van der Waals surface area contributed by atoms with E-state index in [2.05, 4.69) is 15.4 Å². The number of imidazole rings is 1. The number of carbonyl (C=O) groups is 1. The van der Waals surface area contributed by atoms with Gasteiger partial charge in [0.05, 0.1) is 24.1 Å². The summed E-state index contributed by atoms with van der Waals surface area (Å²) in [5.74, 6) is 0.390. The average molecular weight is 373 g/mol. The first-order valence-corrected chi connectivity index (χ1v) is 8.92. The molecule has 4 rings (SSSR count). The molecule has 2 heterocycles. The lowest BCUT2D eigenvalue weighted by Crippen LogP contribution is -2.30. The van der Waals surface area contributed by atoms with Crippen molar-refractivity contribution in [2.45, 2.75) is 13.1 Å². The Morgan fingerprint density at radius 3 is 2.54 bits per heavy atom. The molecule has 0 aliphatic heterocycles. The molecule has 140 valence electrons. The molecule has 0 aliphatic carbocycles. The highest BCUT2D eigenvalue weighted by Gasteiger charge is 2.12. The molecule has 2 aromatic heterocycles. The normalized spacial score (nSPS) is 10.9. The van der Waals surface area contributed by atoms with Crippen molar-refractivity contribution in [2.75, 3.05) is 0 Å². The van der Waals surface area contributed by atoms with Crippen LogP contribution in [0.1, 0.15) is 21.9 Å². The summed E-state index contributed by atoms with van der Waals surface area (Å²) in [7, 11) is 1.91. The van der Waals surface area contributed by atoms with E-state index >= 15 is 0 Å². The molecule has 28 heavy (non-hydrogen) atoms. The van der Waals surface area contributed by atoms with Crippen LogP contribution in [0.3, 0.4) is 0 Å². The summed E-state index contributed by atoms with van der Waals surface area (Å²) in [6.45, 7) is 0.578. The molecule has 0 aliphatic rings. The van der Waals surface area contributed by atoms with Crippen LogP contribution in [0, 0.1) is 0 Å². The summed E-state index contributed by atoms with van der Waals surface area (Å²) in [4.78, 5) is 29.1. The van der Waals surface area contributed by atoms with Crippen LogP contribution in [-0.2, 0) is 20.1 Å². The van der Waals surface area contributed by atoms with Gasteiger partial charge in [-0.3, -0.25) is 9.59 Å². The summed E-state index contributed by atoms with van der Waals surface area (Å²) in [6.07, 6.45) is 0. The minimum absolute atomic E-state index is 0.189. The Hall–Kier alpha value is -3.74. The fourth-order valence-corrected chi connectivity index (χ4v) is 3.04. The van der Waals surface area contributed by atoms with E-state index in [1.807, 2.05) is 66.2 Å². The number of para-hydroxylation sites is 2. The lowest BCUT2D eigenvalue weighted by atomic mass is 10.2. The summed E-state index contributed by atoms with van der Waals surface area (Å²) in [5, 5.41) is 7.04. The van der Waals surface area contributed by atoms with Gasteiger partial charge in [0.15, 0.2) is 0 Å². The highest BCUT2D eigenvalue weighted by Crippen LogP contribution is 2.14. The number of amides is 1. The third kappa shape index (κ3) is 3.55. The Morgan fingerprint density at radius 1 is 1.00 bits per heavy atom. The van der Waals surface area contributed by atoms with Crippen molar-refractivity contribution in [2.24, 2.45) is 7.05 Å². The fraction of sp³-hybridized carbons (Fsp3) is 0.143. The number of fused-ring (bicyclic) bond motifs is 1. The Balaban J connectivity index is 1.51. The predicted octanol–water partition coefficient (Wildman–Crippen LogP) is 2.11. The SMILES string of the molecule is Cn1c(CNC(=O)c2ccc(=O)n(Cc3ccccc3)n2)nc2ccccc21. The molecule has 1 amide bonds. The van der Waals surface area contributed by atoms with Crippen molar-refractivity contribution in [1.82, 2.24) is 24.6 Å². The molecule has 0 saturated heterocycles. The second-order valence-electron chi connectivity index (χ2n) is 6.46. The maximum absolute atomic E-state index is 12.5. The third-order valence-electron chi connectivity index (χ3n) is 4.56. The molecule has 7 heteroatoms. The van der Waals surface area contributed by atoms with E-state index in [1.54, 1.807) is 0 Å². The number of nitrogens with zero attached hydrogens (tertiary/aromatic N) is 4. The maximum Gasteiger partial charge on any atom is 0.272 e. The Morgan fingerprint density at radius 2 is 1.75 bits per heavy atom. The summed E-state index contributed by atoms with van der Waals surface area (Å²) < 4.78 is 3.23. The van der Waals surface area contributed by atoms with Crippen LogP contribution in [-0.4, -0.2) is 25.2 Å². The predicted molar refractivity (Wildman–Crippen MR) is 106 cm³/mol.